The fraction of sp³-hybridized carbons (Fsp3) is 0.667. The van der Waals surface area contributed by atoms with Crippen LogP contribution in [0.5, 0.6) is 0 Å². The van der Waals surface area contributed by atoms with Gasteiger partial charge in [-0.05, 0) is 26.4 Å². The molecule has 13 heavy (non-hydrogen) atoms. The second kappa shape index (κ2) is 6.05. The van der Waals surface area contributed by atoms with Crippen LogP contribution in [-0.4, -0.2) is 28.9 Å². The summed E-state index contributed by atoms with van der Waals surface area (Å²) in [5.74, 6) is 1.16. The molecule has 4 heteroatoms. The van der Waals surface area contributed by atoms with E-state index in [2.05, 4.69) is 14.9 Å². The van der Waals surface area contributed by atoms with Crippen LogP contribution in [0, 0.1) is 0 Å². The normalized spacial score (nSPS) is 10.6. The van der Waals surface area contributed by atoms with E-state index in [4.69, 9.17) is 0 Å². The minimum atomic E-state index is 1.11. The van der Waals surface area contributed by atoms with Crippen molar-refractivity contribution in [1.29, 1.82) is 0 Å². The van der Waals surface area contributed by atoms with Gasteiger partial charge < -0.3 is 9.88 Å². The highest BCUT2D eigenvalue weighted by Crippen LogP contribution is 2.15. The lowest BCUT2D eigenvalue weighted by Gasteiger charge is -2.01. The molecule has 0 aliphatic rings. The molecule has 0 aliphatic carbocycles. The van der Waals surface area contributed by atoms with Gasteiger partial charge in [0.05, 0.1) is 0 Å². The number of rotatable bonds is 6. The summed E-state index contributed by atoms with van der Waals surface area (Å²) in [5, 5.41) is 4.26. The summed E-state index contributed by atoms with van der Waals surface area (Å²) in [6, 6.07) is 0. The number of thioether (sulfide) groups is 1. The van der Waals surface area contributed by atoms with Gasteiger partial charge in [-0.15, -0.1) is 0 Å². The molecule has 0 amide bonds. The zero-order valence-electron chi connectivity index (χ0n) is 8.29. The predicted molar refractivity (Wildman–Crippen MR) is 57.1 cm³/mol. The Morgan fingerprint density at radius 2 is 2.38 bits per heavy atom. The number of aryl methyl sites for hydroxylation is 1. The molecule has 0 bridgehead atoms. The van der Waals surface area contributed by atoms with Crippen LogP contribution in [0.4, 0.5) is 0 Å². The van der Waals surface area contributed by atoms with Crippen molar-refractivity contribution >= 4 is 11.8 Å². The molecule has 0 atom stereocenters. The number of nitrogens with one attached hydrogen (secondary N) is 1. The molecule has 0 spiro atoms. The van der Waals surface area contributed by atoms with Crippen molar-refractivity contribution in [2.24, 2.45) is 7.05 Å². The fourth-order valence-corrected chi connectivity index (χ4v) is 1.99. The van der Waals surface area contributed by atoms with E-state index in [1.165, 1.54) is 12.8 Å². The van der Waals surface area contributed by atoms with Gasteiger partial charge in [-0.25, -0.2) is 4.98 Å². The van der Waals surface area contributed by atoms with Crippen molar-refractivity contribution in [3.8, 4) is 0 Å². The Morgan fingerprint density at radius 3 is 3.00 bits per heavy atom. The van der Waals surface area contributed by atoms with E-state index in [0.717, 1.165) is 17.5 Å². The Labute approximate surface area is 83.9 Å². The summed E-state index contributed by atoms with van der Waals surface area (Å²) >= 11 is 1.83. The van der Waals surface area contributed by atoms with E-state index in [-0.39, 0.29) is 0 Å². The third-order valence-corrected chi connectivity index (χ3v) is 2.97. The highest BCUT2D eigenvalue weighted by atomic mass is 32.2. The van der Waals surface area contributed by atoms with Crippen LogP contribution in [0.15, 0.2) is 17.6 Å². The average Bonchev–Trinajstić information content (AvgIpc) is 2.52. The van der Waals surface area contributed by atoms with Crippen LogP contribution in [0.3, 0.4) is 0 Å². The molecule has 3 nitrogen and oxygen atoms in total. The lowest BCUT2D eigenvalue weighted by atomic mass is 10.3. The first-order valence-corrected chi connectivity index (χ1v) is 5.58. The van der Waals surface area contributed by atoms with Crippen molar-refractivity contribution < 1.29 is 0 Å². The molecule has 74 valence electrons. The largest absolute Gasteiger partial charge is 0.329 e. The maximum absolute atomic E-state index is 4.24. The maximum atomic E-state index is 4.24. The Balaban J connectivity index is 2.10. The second-order valence-electron chi connectivity index (χ2n) is 2.98. The van der Waals surface area contributed by atoms with Gasteiger partial charge in [0.2, 0.25) is 0 Å². The zero-order valence-corrected chi connectivity index (χ0v) is 9.10. The molecule has 0 aliphatic heterocycles. The van der Waals surface area contributed by atoms with Crippen LogP contribution in [0.1, 0.15) is 12.8 Å². The van der Waals surface area contributed by atoms with Gasteiger partial charge in [0.1, 0.15) is 0 Å². The molecule has 1 N–H and O–H groups in total. The molecular weight excluding hydrogens is 182 g/mol. The number of aromatic nitrogens is 2. The number of hydrogen-bond donors (Lipinski definition) is 1. The number of unbranched alkanes of at least 4 members (excludes halogenated alkanes) is 1. The SMILES string of the molecule is CNCCCCSc1nccn1C. The van der Waals surface area contributed by atoms with Gasteiger partial charge in [0, 0.05) is 25.2 Å². The maximum Gasteiger partial charge on any atom is 0.167 e. The predicted octanol–water partition coefficient (Wildman–Crippen LogP) is 1.51. The summed E-state index contributed by atoms with van der Waals surface area (Å²) in [4.78, 5) is 4.24. The van der Waals surface area contributed by atoms with Crippen molar-refractivity contribution in [2.75, 3.05) is 19.3 Å². The Bertz CT molecular complexity index is 235. The van der Waals surface area contributed by atoms with Gasteiger partial charge in [-0.3, -0.25) is 0 Å². The first kappa shape index (κ1) is 10.6. The van der Waals surface area contributed by atoms with Crippen molar-refractivity contribution in [1.82, 2.24) is 14.9 Å². The van der Waals surface area contributed by atoms with Gasteiger partial charge in [0.15, 0.2) is 5.16 Å². The van der Waals surface area contributed by atoms with Crippen molar-refractivity contribution in [2.45, 2.75) is 18.0 Å². The Hall–Kier alpha value is -0.480. The van der Waals surface area contributed by atoms with Gasteiger partial charge in [0.25, 0.3) is 0 Å². The monoisotopic (exact) mass is 199 g/mol. The van der Waals surface area contributed by atoms with E-state index >= 15 is 0 Å². The molecule has 1 aromatic rings. The van der Waals surface area contributed by atoms with Gasteiger partial charge in [-0.2, -0.15) is 0 Å². The molecule has 0 fully saturated rings. The fourth-order valence-electron chi connectivity index (χ4n) is 1.06. The number of nitrogens with zero attached hydrogens (tertiary/aromatic N) is 2. The molecule has 0 aromatic carbocycles. The number of hydrogen-bond acceptors (Lipinski definition) is 3. The molecular formula is C9H17N3S. The van der Waals surface area contributed by atoms with E-state index in [0.29, 0.717) is 0 Å². The topological polar surface area (TPSA) is 29.9 Å². The van der Waals surface area contributed by atoms with Gasteiger partial charge >= 0.3 is 0 Å². The van der Waals surface area contributed by atoms with Gasteiger partial charge in [-0.1, -0.05) is 11.8 Å². The molecule has 0 unspecified atom stereocenters. The average molecular weight is 199 g/mol. The molecule has 1 rings (SSSR count). The smallest absolute Gasteiger partial charge is 0.167 e. The second-order valence-corrected chi connectivity index (χ2v) is 4.04. The van der Waals surface area contributed by atoms with Crippen LogP contribution in [0.2, 0.25) is 0 Å². The molecule has 1 heterocycles. The summed E-state index contributed by atoms with van der Waals surface area (Å²) in [6.07, 6.45) is 6.32. The molecule has 0 saturated heterocycles. The standard InChI is InChI=1S/C9H17N3S/c1-10-5-3-4-8-13-9-11-6-7-12(9)2/h6-7,10H,3-5,8H2,1-2H3. The lowest BCUT2D eigenvalue weighted by molar-refractivity contribution is 0.713. The Kier molecular flexibility index (Phi) is 4.93. The molecule has 1 aromatic heterocycles. The molecule has 0 radical (unpaired) electrons. The van der Waals surface area contributed by atoms with Crippen LogP contribution in [0.25, 0.3) is 0 Å². The third kappa shape index (κ3) is 3.83. The van der Waals surface area contributed by atoms with Crippen LogP contribution in [-0.2, 0) is 7.05 Å². The third-order valence-electron chi connectivity index (χ3n) is 1.83. The highest BCUT2D eigenvalue weighted by molar-refractivity contribution is 7.99. The number of imidazole rings is 1. The van der Waals surface area contributed by atoms with E-state index in [1.54, 1.807) is 0 Å². The zero-order chi connectivity index (χ0) is 9.52. The lowest BCUT2D eigenvalue weighted by Crippen LogP contribution is -2.07. The highest BCUT2D eigenvalue weighted by Gasteiger charge is 1.98. The summed E-state index contributed by atoms with van der Waals surface area (Å²) in [5.41, 5.74) is 0. The van der Waals surface area contributed by atoms with Crippen molar-refractivity contribution in [3.63, 3.8) is 0 Å². The first-order chi connectivity index (χ1) is 6.34. The minimum Gasteiger partial charge on any atom is -0.329 e. The van der Waals surface area contributed by atoms with E-state index in [9.17, 15) is 0 Å². The van der Waals surface area contributed by atoms with Crippen LogP contribution >= 0.6 is 11.8 Å². The summed E-state index contributed by atoms with van der Waals surface area (Å²) in [7, 11) is 4.02. The summed E-state index contributed by atoms with van der Waals surface area (Å²) < 4.78 is 2.06. The molecule has 0 saturated carbocycles. The van der Waals surface area contributed by atoms with E-state index < -0.39 is 0 Å². The minimum absolute atomic E-state index is 1.11. The Morgan fingerprint density at radius 1 is 1.54 bits per heavy atom. The van der Waals surface area contributed by atoms with Crippen molar-refractivity contribution in [3.05, 3.63) is 12.4 Å². The first-order valence-electron chi connectivity index (χ1n) is 4.59. The van der Waals surface area contributed by atoms with Crippen LogP contribution < -0.4 is 5.32 Å². The quantitative estimate of drug-likeness (QED) is 0.556. The van der Waals surface area contributed by atoms with E-state index in [1.807, 2.05) is 38.3 Å². The summed E-state index contributed by atoms with van der Waals surface area (Å²) in [6.45, 7) is 1.11.